The molecule has 0 saturated heterocycles. The van der Waals surface area contributed by atoms with Gasteiger partial charge in [0.15, 0.2) is 5.82 Å². The van der Waals surface area contributed by atoms with Gasteiger partial charge >= 0.3 is 5.97 Å². The molecule has 88 valence electrons. The highest BCUT2D eigenvalue weighted by molar-refractivity contribution is 5.68. The van der Waals surface area contributed by atoms with Crippen molar-refractivity contribution in [3.05, 3.63) is 35.1 Å². The average Bonchev–Trinajstić information content (AvgIpc) is 2.85. The molecule has 0 radical (unpaired) electrons. The van der Waals surface area contributed by atoms with Crippen LogP contribution in [0.5, 0.6) is 0 Å². The first-order valence-electron chi connectivity index (χ1n) is 4.70. The standard InChI is InChI=1S/C9H9N5O3/c1-17-9(16)4-13-8(15)3-2-7(12-13)14-6-10-5-11-14/h2-3,5-6H,4H2,1H3. The number of hydrogen-bond donors (Lipinski definition) is 0. The van der Waals surface area contributed by atoms with Crippen molar-refractivity contribution in [2.45, 2.75) is 6.54 Å². The Morgan fingerprint density at radius 1 is 1.47 bits per heavy atom. The van der Waals surface area contributed by atoms with E-state index in [1.807, 2.05) is 0 Å². The van der Waals surface area contributed by atoms with E-state index in [0.29, 0.717) is 5.82 Å². The van der Waals surface area contributed by atoms with Crippen LogP contribution in [-0.4, -0.2) is 37.6 Å². The Labute approximate surface area is 95.5 Å². The van der Waals surface area contributed by atoms with Crippen LogP contribution in [0.4, 0.5) is 0 Å². The van der Waals surface area contributed by atoms with Crippen molar-refractivity contribution in [1.82, 2.24) is 24.5 Å². The maximum absolute atomic E-state index is 11.4. The number of carbonyl (C=O) groups is 1. The van der Waals surface area contributed by atoms with E-state index >= 15 is 0 Å². The summed E-state index contributed by atoms with van der Waals surface area (Å²) in [7, 11) is 1.24. The lowest BCUT2D eigenvalue weighted by Gasteiger charge is -2.04. The Kier molecular flexibility index (Phi) is 2.95. The third-order valence-electron chi connectivity index (χ3n) is 2.01. The van der Waals surface area contributed by atoms with Crippen LogP contribution in [0.25, 0.3) is 5.82 Å². The number of methoxy groups -OCH3 is 1. The predicted octanol–water partition coefficient (Wildman–Crippen LogP) is -1.00. The van der Waals surface area contributed by atoms with Crippen LogP contribution in [0.1, 0.15) is 0 Å². The summed E-state index contributed by atoms with van der Waals surface area (Å²) in [6.45, 7) is -0.238. The highest BCUT2D eigenvalue weighted by Gasteiger charge is 2.07. The molecule has 2 rings (SSSR count). The van der Waals surface area contributed by atoms with Crippen molar-refractivity contribution in [2.24, 2.45) is 0 Å². The van der Waals surface area contributed by atoms with Crippen molar-refractivity contribution >= 4 is 5.97 Å². The van der Waals surface area contributed by atoms with Gasteiger partial charge < -0.3 is 4.74 Å². The molecule has 0 spiro atoms. The molecule has 0 aliphatic carbocycles. The lowest BCUT2D eigenvalue weighted by atomic mass is 10.5. The number of carbonyl (C=O) groups excluding carboxylic acids is 1. The molecule has 0 N–H and O–H groups in total. The molecule has 2 aromatic heterocycles. The average molecular weight is 235 g/mol. The molecule has 0 aliphatic heterocycles. The SMILES string of the molecule is COC(=O)Cn1nc(-n2cncn2)ccc1=O. The van der Waals surface area contributed by atoms with Gasteiger partial charge in [0.2, 0.25) is 0 Å². The minimum Gasteiger partial charge on any atom is -0.468 e. The Bertz CT molecular complexity index is 575. The third kappa shape index (κ3) is 2.36. The van der Waals surface area contributed by atoms with Crippen LogP contribution in [-0.2, 0) is 16.1 Å². The number of ether oxygens (including phenoxy) is 1. The van der Waals surface area contributed by atoms with Crippen LogP contribution in [0.3, 0.4) is 0 Å². The molecule has 0 amide bonds. The summed E-state index contributed by atoms with van der Waals surface area (Å²) in [6.07, 6.45) is 2.78. The van der Waals surface area contributed by atoms with Gasteiger partial charge in [0.05, 0.1) is 7.11 Å². The van der Waals surface area contributed by atoms with Gasteiger partial charge in [0.25, 0.3) is 5.56 Å². The van der Waals surface area contributed by atoms with Gasteiger partial charge in [-0.05, 0) is 6.07 Å². The van der Waals surface area contributed by atoms with E-state index in [0.717, 1.165) is 4.68 Å². The van der Waals surface area contributed by atoms with Crippen molar-refractivity contribution in [2.75, 3.05) is 7.11 Å². The molecule has 17 heavy (non-hydrogen) atoms. The lowest BCUT2D eigenvalue weighted by Crippen LogP contribution is -2.27. The molecule has 0 atom stereocenters. The molecule has 0 bridgehead atoms. The first-order valence-corrected chi connectivity index (χ1v) is 4.70. The molecule has 0 aliphatic rings. The van der Waals surface area contributed by atoms with E-state index in [1.165, 1.54) is 36.6 Å². The van der Waals surface area contributed by atoms with Gasteiger partial charge in [-0.2, -0.15) is 5.10 Å². The van der Waals surface area contributed by atoms with Crippen molar-refractivity contribution in [3.8, 4) is 5.82 Å². The molecule has 2 aromatic rings. The van der Waals surface area contributed by atoms with Crippen LogP contribution in [0.15, 0.2) is 29.6 Å². The summed E-state index contributed by atoms with van der Waals surface area (Å²) in [6, 6.07) is 2.79. The zero-order chi connectivity index (χ0) is 12.3. The van der Waals surface area contributed by atoms with Crippen molar-refractivity contribution in [1.29, 1.82) is 0 Å². The van der Waals surface area contributed by atoms with E-state index in [1.54, 1.807) is 0 Å². The second-order valence-corrected chi connectivity index (χ2v) is 3.10. The Morgan fingerprint density at radius 2 is 2.29 bits per heavy atom. The molecule has 0 fully saturated rings. The Morgan fingerprint density at radius 3 is 2.94 bits per heavy atom. The van der Waals surface area contributed by atoms with Crippen LogP contribution in [0, 0.1) is 0 Å². The molecule has 0 saturated carbocycles. The van der Waals surface area contributed by atoms with Gasteiger partial charge in [-0.25, -0.2) is 14.3 Å². The molecule has 8 nitrogen and oxygen atoms in total. The highest BCUT2D eigenvalue weighted by Crippen LogP contribution is 1.96. The third-order valence-corrected chi connectivity index (χ3v) is 2.01. The molecule has 0 aromatic carbocycles. The van der Waals surface area contributed by atoms with Crippen LogP contribution in [0.2, 0.25) is 0 Å². The van der Waals surface area contributed by atoms with E-state index in [2.05, 4.69) is 19.9 Å². The quantitative estimate of drug-likeness (QED) is 0.633. The van der Waals surface area contributed by atoms with Gasteiger partial charge in [-0.3, -0.25) is 9.59 Å². The van der Waals surface area contributed by atoms with Gasteiger partial charge in [0.1, 0.15) is 19.2 Å². The summed E-state index contributed by atoms with van der Waals surface area (Å²) < 4.78 is 6.85. The van der Waals surface area contributed by atoms with E-state index in [-0.39, 0.29) is 12.1 Å². The summed E-state index contributed by atoms with van der Waals surface area (Å²) in [5, 5.41) is 7.83. The largest absolute Gasteiger partial charge is 0.468 e. The van der Waals surface area contributed by atoms with Gasteiger partial charge in [-0.1, -0.05) is 0 Å². The number of esters is 1. The molecule has 0 unspecified atom stereocenters. The Hall–Kier alpha value is -2.51. The highest BCUT2D eigenvalue weighted by atomic mass is 16.5. The molecule has 8 heteroatoms. The Balaban J connectivity index is 2.36. The monoisotopic (exact) mass is 235 g/mol. The maximum atomic E-state index is 11.4. The van der Waals surface area contributed by atoms with Gasteiger partial charge in [-0.15, -0.1) is 5.10 Å². The lowest BCUT2D eigenvalue weighted by molar-refractivity contribution is -0.141. The van der Waals surface area contributed by atoms with Crippen LogP contribution >= 0.6 is 0 Å². The van der Waals surface area contributed by atoms with E-state index in [9.17, 15) is 9.59 Å². The van der Waals surface area contributed by atoms with Crippen LogP contribution < -0.4 is 5.56 Å². The van der Waals surface area contributed by atoms with Crippen molar-refractivity contribution in [3.63, 3.8) is 0 Å². The fourth-order valence-corrected chi connectivity index (χ4v) is 1.19. The zero-order valence-electron chi connectivity index (χ0n) is 8.98. The maximum Gasteiger partial charge on any atom is 0.327 e. The topological polar surface area (TPSA) is 91.9 Å². The fourth-order valence-electron chi connectivity index (χ4n) is 1.19. The first-order chi connectivity index (χ1) is 8.20. The molecular weight excluding hydrogens is 226 g/mol. The first kappa shape index (κ1) is 11.0. The van der Waals surface area contributed by atoms with Gasteiger partial charge in [0, 0.05) is 6.07 Å². The summed E-state index contributed by atoms with van der Waals surface area (Å²) in [4.78, 5) is 26.3. The number of rotatable bonds is 3. The van der Waals surface area contributed by atoms with E-state index < -0.39 is 5.97 Å². The molecule has 2 heterocycles. The number of nitrogens with zero attached hydrogens (tertiary/aromatic N) is 5. The van der Waals surface area contributed by atoms with Crippen molar-refractivity contribution < 1.29 is 9.53 Å². The second kappa shape index (κ2) is 4.56. The fraction of sp³-hybridized carbons (Fsp3) is 0.222. The minimum atomic E-state index is -0.546. The van der Waals surface area contributed by atoms with E-state index in [4.69, 9.17) is 0 Å². The number of hydrogen-bond acceptors (Lipinski definition) is 6. The molecular formula is C9H9N5O3. The zero-order valence-corrected chi connectivity index (χ0v) is 8.98. The normalized spacial score (nSPS) is 10.2. The second-order valence-electron chi connectivity index (χ2n) is 3.10. The number of aromatic nitrogens is 5. The summed E-state index contributed by atoms with van der Waals surface area (Å²) >= 11 is 0. The summed E-state index contributed by atoms with van der Waals surface area (Å²) in [5.41, 5.74) is -0.390. The smallest absolute Gasteiger partial charge is 0.327 e. The predicted molar refractivity (Wildman–Crippen MR) is 55.4 cm³/mol. The minimum absolute atomic E-state index is 0.238. The summed E-state index contributed by atoms with van der Waals surface area (Å²) in [5.74, 6) is -0.152.